The monoisotopic (exact) mass is 761 g/mol. The van der Waals surface area contributed by atoms with Gasteiger partial charge in [0.15, 0.2) is 17.5 Å². The fourth-order valence-electron chi connectivity index (χ4n) is 9.09. The number of hydrogen-bond donors (Lipinski definition) is 0. The molecule has 0 fully saturated rings. The van der Waals surface area contributed by atoms with Crippen LogP contribution in [0.3, 0.4) is 0 Å². The molecular formula is C57H35N3. The first-order valence-corrected chi connectivity index (χ1v) is 20.4. The highest BCUT2D eigenvalue weighted by atomic mass is 15.0. The third-order valence-corrected chi connectivity index (χ3v) is 12.1. The van der Waals surface area contributed by atoms with Crippen LogP contribution in [0.25, 0.3) is 122 Å². The third-order valence-electron chi connectivity index (χ3n) is 12.1. The van der Waals surface area contributed by atoms with Crippen molar-refractivity contribution in [3.05, 3.63) is 212 Å². The van der Waals surface area contributed by atoms with Gasteiger partial charge in [-0.3, -0.25) is 0 Å². The summed E-state index contributed by atoms with van der Waals surface area (Å²) in [5.74, 6) is 1.94. The maximum absolute atomic E-state index is 5.07. The molecule has 0 radical (unpaired) electrons. The Bertz CT molecular complexity index is 3430. The zero-order chi connectivity index (χ0) is 39.6. The highest BCUT2D eigenvalue weighted by Gasteiger charge is 2.22. The largest absolute Gasteiger partial charge is 0.208 e. The summed E-state index contributed by atoms with van der Waals surface area (Å²) in [4.78, 5) is 15.1. The van der Waals surface area contributed by atoms with Crippen molar-refractivity contribution in [3.63, 3.8) is 0 Å². The van der Waals surface area contributed by atoms with Gasteiger partial charge in [-0.1, -0.05) is 194 Å². The lowest BCUT2D eigenvalue weighted by atomic mass is 9.89. The fraction of sp³-hybridized carbons (Fsp3) is 0. The van der Waals surface area contributed by atoms with Crippen molar-refractivity contribution in [1.29, 1.82) is 0 Å². The van der Waals surface area contributed by atoms with Crippen molar-refractivity contribution in [1.82, 2.24) is 15.0 Å². The molecule has 0 saturated heterocycles. The highest BCUT2D eigenvalue weighted by molar-refractivity contribution is 6.18. The number of hydrogen-bond acceptors (Lipinski definition) is 3. The lowest BCUT2D eigenvalue weighted by Crippen LogP contribution is -2.00. The summed E-state index contributed by atoms with van der Waals surface area (Å²) in [6.07, 6.45) is 0. The van der Waals surface area contributed by atoms with E-state index >= 15 is 0 Å². The zero-order valence-electron chi connectivity index (χ0n) is 32.5. The van der Waals surface area contributed by atoms with Gasteiger partial charge in [-0.2, -0.15) is 0 Å². The predicted octanol–water partition coefficient (Wildman–Crippen LogP) is 15.0. The molecule has 0 unspecified atom stereocenters. The van der Waals surface area contributed by atoms with E-state index in [9.17, 15) is 0 Å². The molecular weight excluding hydrogens is 727 g/mol. The van der Waals surface area contributed by atoms with E-state index in [0.717, 1.165) is 27.6 Å². The molecule has 10 aromatic carbocycles. The van der Waals surface area contributed by atoms with E-state index in [1.807, 2.05) is 30.3 Å². The Hall–Kier alpha value is -8.01. The second-order valence-electron chi connectivity index (χ2n) is 15.6. The van der Waals surface area contributed by atoms with Crippen molar-refractivity contribution >= 4 is 32.3 Å². The zero-order valence-corrected chi connectivity index (χ0v) is 32.5. The van der Waals surface area contributed by atoms with Crippen LogP contribution in [0.5, 0.6) is 0 Å². The highest BCUT2D eigenvalue weighted by Crippen LogP contribution is 2.49. The second-order valence-corrected chi connectivity index (χ2v) is 15.6. The van der Waals surface area contributed by atoms with Crippen molar-refractivity contribution in [2.24, 2.45) is 0 Å². The third kappa shape index (κ3) is 5.71. The van der Waals surface area contributed by atoms with Gasteiger partial charge in [0.1, 0.15) is 0 Å². The molecule has 11 aromatic rings. The molecule has 0 amide bonds. The van der Waals surface area contributed by atoms with E-state index in [4.69, 9.17) is 15.0 Å². The maximum Gasteiger partial charge on any atom is 0.164 e. The summed E-state index contributed by atoms with van der Waals surface area (Å²) in [5.41, 5.74) is 15.2. The summed E-state index contributed by atoms with van der Waals surface area (Å²) >= 11 is 0. The number of benzene rings is 10. The van der Waals surface area contributed by atoms with E-state index < -0.39 is 0 Å². The Morgan fingerprint density at radius 1 is 0.217 bits per heavy atom. The quantitative estimate of drug-likeness (QED) is 0.169. The van der Waals surface area contributed by atoms with Crippen LogP contribution in [0.2, 0.25) is 0 Å². The van der Waals surface area contributed by atoms with Gasteiger partial charge < -0.3 is 0 Å². The van der Waals surface area contributed by atoms with Crippen LogP contribution in [0.15, 0.2) is 212 Å². The molecule has 12 rings (SSSR count). The first-order chi connectivity index (χ1) is 29.7. The Morgan fingerprint density at radius 2 is 0.633 bits per heavy atom. The Morgan fingerprint density at radius 3 is 1.25 bits per heavy atom. The topological polar surface area (TPSA) is 38.7 Å². The van der Waals surface area contributed by atoms with Gasteiger partial charge in [-0.15, -0.1) is 0 Å². The smallest absolute Gasteiger partial charge is 0.164 e. The summed E-state index contributed by atoms with van der Waals surface area (Å²) in [5, 5.41) is 7.38. The first kappa shape index (κ1) is 34.1. The molecule has 60 heavy (non-hydrogen) atoms. The SMILES string of the molecule is c1ccc(-c2nc(-c3ccc(-c4cc5ccccc5cc4-c4ccc(-c5ccc6c7c(cccc57)-c5ccccc5-6)cc4)cc3)nc(-c3ccc4ccccc4c3)n2)cc1. The van der Waals surface area contributed by atoms with E-state index in [1.54, 1.807) is 0 Å². The van der Waals surface area contributed by atoms with E-state index in [-0.39, 0.29) is 0 Å². The maximum atomic E-state index is 5.07. The summed E-state index contributed by atoms with van der Waals surface area (Å²) in [6.45, 7) is 0. The van der Waals surface area contributed by atoms with Crippen LogP contribution >= 0.6 is 0 Å². The lowest BCUT2D eigenvalue weighted by molar-refractivity contribution is 1.07. The molecule has 1 aliphatic rings. The van der Waals surface area contributed by atoms with Crippen LogP contribution < -0.4 is 0 Å². The van der Waals surface area contributed by atoms with Gasteiger partial charge in [0.05, 0.1) is 0 Å². The summed E-state index contributed by atoms with van der Waals surface area (Å²) < 4.78 is 0. The Kier molecular flexibility index (Phi) is 7.85. The van der Waals surface area contributed by atoms with Crippen LogP contribution in [0.4, 0.5) is 0 Å². The minimum Gasteiger partial charge on any atom is -0.208 e. The molecule has 278 valence electrons. The number of aromatic nitrogens is 3. The van der Waals surface area contributed by atoms with Crippen LogP contribution in [0.1, 0.15) is 0 Å². The van der Waals surface area contributed by atoms with E-state index in [0.29, 0.717) is 17.5 Å². The normalized spacial score (nSPS) is 11.7. The first-order valence-electron chi connectivity index (χ1n) is 20.4. The summed E-state index contributed by atoms with van der Waals surface area (Å²) in [6, 6.07) is 76.0. The Labute approximate surface area is 348 Å². The van der Waals surface area contributed by atoms with E-state index in [1.165, 1.54) is 77.0 Å². The molecule has 0 bridgehead atoms. The lowest BCUT2D eigenvalue weighted by Gasteiger charge is -2.15. The number of fused-ring (bicyclic) bond motifs is 5. The molecule has 0 saturated carbocycles. The minimum atomic E-state index is 0.639. The van der Waals surface area contributed by atoms with Gasteiger partial charge in [0, 0.05) is 16.7 Å². The molecule has 0 atom stereocenters. The number of nitrogens with zero attached hydrogens (tertiary/aromatic N) is 3. The van der Waals surface area contributed by atoms with Gasteiger partial charge >= 0.3 is 0 Å². The molecule has 1 aliphatic carbocycles. The van der Waals surface area contributed by atoms with Gasteiger partial charge in [0.25, 0.3) is 0 Å². The fourth-order valence-corrected chi connectivity index (χ4v) is 9.09. The molecule has 0 spiro atoms. The minimum absolute atomic E-state index is 0.639. The van der Waals surface area contributed by atoms with Gasteiger partial charge in [0.2, 0.25) is 0 Å². The molecule has 3 heteroatoms. The van der Waals surface area contributed by atoms with Crippen molar-refractivity contribution in [3.8, 4) is 89.8 Å². The average molecular weight is 762 g/mol. The Balaban J connectivity index is 0.933. The van der Waals surface area contributed by atoms with Crippen molar-refractivity contribution in [2.45, 2.75) is 0 Å². The van der Waals surface area contributed by atoms with E-state index in [2.05, 4.69) is 182 Å². The van der Waals surface area contributed by atoms with Crippen LogP contribution in [0, 0.1) is 0 Å². The standard InChI is InChI=1S/C57H35N3/c1-2-12-40(13-3-1)55-58-56(60-57(59-55)45-30-21-36-11-4-5-14-42(36)33-45)41-28-26-39(27-29-41)53-35-44-16-7-6-15-43(44)34-52(53)38-24-22-37(23-25-38)46-31-32-51-48-18-9-8-17-47(48)50-20-10-19-49(46)54(50)51/h1-35H. The van der Waals surface area contributed by atoms with Crippen LogP contribution in [-0.4, -0.2) is 15.0 Å². The van der Waals surface area contributed by atoms with Gasteiger partial charge in [-0.05, 0) is 106 Å². The number of rotatable bonds is 6. The van der Waals surface area contributed by atoms with Gasteiger partial charge in [-0.25, -0.2) is 15.0 Å². The molecule has 0 N–H and O–H groups in total. The molecule has 0 aliphatic heterocycles. The van der Waals surface area contributed by atoms with Crippen molar-refractivity contribution < 1.29 is 0 Å². The summed E-state index contributed by atoms with van der Waals surface area (Å²) in [7, 11) is 0. The predicted molar refractivity (Wildman–Crippen MR) is 249 cm³/mol. The molecule has 3 nitrogen and oxygen atoms in total. The van der Waals surface area contributed by atoms with Crippen molar-refractivity contribution in [2.75, 3.05) is 0 Å². The molecule has 1 aromatic heterocycles. The molecule has 1 heterocycles. The average Bonchev–Trinajstić information content (AvgIpc) is 3.66. The second kappa shape index (κ2) is 13.8. The van der Waals surface area contributed by atoms with Crippen LogP contribution in [-0.2, 0) is 0 Å².